The van der Waals surface area contributed by atoms with Crippen LogP contribution in [0.25, 0.3) is 0 Å². The highest BCUT2D eigenvalue weighted by Gasteiger charge is 2.37. The number of carbonyl (C=O) groups is 2. The molecule has 2 heterocycles. The van der Waals surface area contributed by atoms with E-state index in [0.29, 0.717) is 5.56 Å². The van der Waals surface area contributed by atoms with Crippen LogP contribution in [0, 0.1) is 0 Å². The standard InChI is InChI=1S/C17H19N5O5S3/c1-3-27-15(24)13-11-30(18,28-17-19-9-10-22(17)29(2,25)26)16(20-13)21-14(23)12-7-5-4-6-8-12/h4-11H,3,18H2,1-2H3,(H,20,21,23). The maximum atomic E-state index is 12.6. The summed E-state index contributed by atoms with van der Waals surface area (Å²) < 4.78 is 29.9. The van der Waals surface area contributed by atoms with Crippen molar-refractivity contribution in [3.05, 3.63) is 59.4 Å². The Morgan fingerprint density at radius 2 is 2.00 bits per heavy atom. The van der Waals surface area contributed by atoms with Crippen molar-refractivity contribution >= 4 is 47.1 Å². The molecule has 0 radical (unpaired) electrons. The third kappa shape index (κ3) is 4.75. The van der Waals surface area contributed by atoms with Gasteiger partial charge in [-0.05, 0) is 29.9 Å². The van der Waals surface area contributed by atoms with E-state index in [0.717, 1.165) is 21.0 Å². The number of hydrogen-bond acceptors (Lipinski definition) is 9. The number of nitrogens with zero attached hydrogens (tertiary/aromatic N) is 3. The number of amidine groups is 1. The Morgan fingerprint density at radius 1 is 1.30 bits per heavy atom. The first-order valence-corrected chi connectivity index (χ1v) is 13.5. The van der Waals surface area contributed by atoms with Crippen LogP contribution >= 0.6 is 20.0 Å². The van der Waals surface area contributed by atoms with Crippen LogP contribution in [0.15, 0.2) is 64.0 Å². The molecule has 2 aromatic rings. The number of aromatic nitrogens is 2. The summed E-state index contributed by atoms with van der Waals surface area (Å²) in [7, 11) is -5.37. The summed E-state index contributed by atoms with van der Waals surface area (Å²) in [6, 6.07) is 8.40. The summed E-state index contributed by atoms with van der Waals surface area (Å²) in [6.07, 6.45) is 3.62. The fourth-order valence-corrected chi connectivity index (χ4v) is 7.33. The molecule has 0 fully saturated rings. The number of amides is 1. The average Bonchev–Trinajstić information content (AvgIpc) is 3.27. The maximum Gasteiger partial charge on any atom is 0.357 e. The van der Waals surface area contributed by atoms with E-state index in [9.17, 15) is 18.0 Å². The lowest BCUT2D eigenvalue weighted by Crippen LogP contribution is -2.34. The highest BCUT2D eigenvalue weighted by atomic mass is 33.2. The van der Waals surface area contributed by atoms with E-state index in [4.69, 9.17) is 9.88 Å². The quantitative estimate of drug-likeness (QED) is 0.479. The Bertz CT molecular complexity index is 1140. The number of aliphatic imine (C=N–C) groups is 1. The summed E-state index contributed by atoms with van der Waals surface area (Å²) in [5.41, 5.74) is 0.303. The Morgan fingerprint density at radius 3 is 2.63 bits per heavy atom. The van der Waals surface area contributed by atoms with Crippen molar-refractivity contribution in [2.45, 2.75) is 12.1 Å². The minimum Gasteiger partial charge on any atom is -0.461 e. The lowest BCUT2D eigenvalue weighted by molar-refractivity contribution is -0.138. The number of nitrogens with one attached hydrogen (secondary N) is 1. The first-order chi connectivity index (χ1) is 14.1. The highest BCUT2D eigenvalue weighted by Crippen LogP contribution is 2.61. The molecular formula is C17H19N5O5S3. The molecular weight excluding hydrogens is 450 g/mol. The van der Waals surface area contributed by atoms with E-state index in [1.54, 1.807) is 37.3 Å². The van der Waals surface area contributed by atoms with Crippen LogP contribution < -0.4 is 10.5 Å². The van der Waals surface area contributed by atoms with Gasteiger partial charge in [0, 0.05) is 23.4 Å². The zero-order valence-electron chi connectivity index (χ0n) is 16.0. The van der Waals surface area contributed by atoms with Crippen LogP contribution in [0.1, 0.15) is 17.3 Å². The fraction of sp³-hybridized carbons (Fsp3) is 0.176. The van der Waals surface area contributed by atoms with Crippen LogP contribution in [-0.2, 0) is 19.6 Å². The molecule has 3 N–H and O–H groups in total. The van der Waals surface area contributed by atoms with Gasteiger partial charge in [0.25, 0.3) is 5.91 Å². The molecule has 13 heteroatoms. The third-order valence-electron chi connectivity index (χ3n) is 3.70. The number of rotatable bonds is 6. The molecule has 0 bridgehead atoms. The van der Waals surface area contributed by atoms with Gasteiger partial charge in [-0.25, -0.2) is 27.2 Å². The van der Waals surface area contributed by atoms with E-state index in [1.165, 1.54) is 17.8 Å². The first-order valence-electron chi connectivity index (χ1n) is 8.52. The maximum absolute atomic E-state index is 12.6. The van der Waals surface area contributed by atoms with Crippen molar-refractivity contribution in [2.75, 3.05) is 12.9 Å². The predicted molar refractivity (Wildman–Crippen MR) is 116 cm³/mol. The van der Waals surface area contributed by atoms with Gasteiger partial charge in [0.1, 0.15) is 0 Å². The summed E-state index contributed by atoms with van der Waals surface area (Å²) in [6.45, 7) is 1.78. The molecule has 160 valence electrons. The zero-order valence-corrected chi connectivity index (χ0v) is 18.5. The van der Waals surface area contributed by atoms with Crippen LogP contribution in [0.5, 0.6) is 0 Å². The molecule has 10 nitrogen and oxygen atoms in total. The molecule has 1 aliphatic rings. The molecule has 1 aromatic heterocycles. The summed E-state index contributed by atoms with van der Waals surface area (Å²) >= 11 is 0. The predicted octanol–water partition coefficient (Wildman–Crippen LogP) is 1.58. The van der Waals surface area contributed by atoms with Crippen molar-refractivity contribution < 1.29 is 22.7 Å². The van der Waals surface area contributed by atoms with Crippen LogP contribution in [0.4, 0.5) is 0 Å². The van der Waals surface area contributed by atoms with E-state index in [2.05, 4.69) is 15.3 Å². The number of benzene rings is 1. The second kappa shape index (κ2) is 8.63. The van der Waals surface area contributed by atoms with Gasteiger partial charge in [0.2, 0.25) is 10.0 Å². The number of nitrogens with two attached hydrogens (primary N) is 1. The molecule has 0 spiro atoms. The molecule has 3 rings (SSSR count). The van der Waals surface area contributed by atoms with E-state index in [1.807, 2.05) is 0 Å². The molecule has 1 atom stereocenters. The molecule has 1 unspecified atom stereocenters. The topological polar surface area (TPSA) is 146 Å². The molecule has 1 aromatic carbocycles. The van der Waals surface area contributed by atoms with Crippen molar-refractivity contribution in [1.29, 1.82) is 0 Å². The van der Waals surface area contributed by atoms with Gasteiger partial charge < -0.3 is 10.1 Å². The average molecular weight is 470 g/mol. The van der Waals surface area contributed by atoms with Crippen LogP contribution in [0.2, 0.25) is 0 Å². The number of hydrogen-bond donors (Lipinski definition) is 2. The number of esters is 1. The fourth-order valence-electron chi connectivity index (χ4n) is 2.37. The Balaban J connectivity index is 1.96. The zero-order chi connectivity index (χ0) is 21.9. The van der Waals surface area contributed by atoms with E-state index < -0.39 is 31.1 Å². The summed E-state index contributed by atoms with van der Waals surface area (Å²) in [5, 5.41) is 10.7. The number of ether oxygens (including phenoxy) is 1. The monoisotopic (exact) mass is 469 g/mol. The van der Waals surface area contributed by atoms with Crippen molar-refractivity contribution in [1.82, 2.24) is 14.3 Å². The van der Waals surface area contributed by atoms with E-state index in [-0.39, 0.29) is 22.6 Å². The lowest BCUT2D eigenvalue weighted by Gasteiger charge is -2.28. The van der Waals surface area contributed by atoms with E-state index >= 15 is 0 Å². The molecule has 1 amide bonds. The lowest BCUT2D eigenvalue weighted by atomic mass is 10.2. The van der Waals surface area contributed by atoms with Gasteiger partial charge in [0.05, 0.1) is 12.9 Å². The Kier molecular flexibility index (Phi) is 6.36. The molecule has 0 saturated heterocycles. The van der Waals surface area contributed by atoms with Gasteiger partial charge in [-0.2, -0.15) is 0 Å². The smallest absolute Gasteiger partial charge is 0.357 e. The van der Waals surface area contributed by atoms with Gasteiger partial charge in [-0.1, -0.05) is 27.4 Å². The van der Waals surface area contributed by atoms with Gasteiger partial charge in [-0.3, -0.25) is 9.93 Å². The van der Waals surface area contributed by atoms with Crippen molar-refractivity contribution in [3.8, 4) is 0 Å². The van der Waals surface area contributed by atoms with Gasteiger partial charge in [0.15, 0.2) is 16.0 Å². The SMILES string of the molecule is CCOC(=O)C1=CS(N)(Sc2nccn2S(C)(=O)=O)C(NC(=O)c2ccccc2)=N1. The van der Waals surface area contributed by atoms with Crippen molar-refractivity contribution in [2.24, 2.45) is 10.1 Å². The largest absolute Gasteiger partial charge is 0.461 e. The molecule has 0 aliphatic carbocycles. The van der Waals surface area contributed by atoms with Crippen LogP contribution in [-0.4, -0.2) is 47.3 Å². The molecule has 30 heavy (non-hydrogen) atoms. The second-order valence-electron chi connectivity index (χ2n) is 5.96. The summed E-state index contributed by atoms with van der Waals surface area (Å²) in [5.74, 6) is -1.17. The third-order valence-corrected chi connectivity index (χ3v) is 8.96. The molecule has 0 saturated carbocycles. The normalized spacial score (nSPS) is 20.6. The Hall–Kier alpha value is -2.61. The van der Waals surface area contributed by atoms with Crippen LogP contribution in [0.3, 0.4) is 0 Å². The minimum atomic E-state index is -3.63. The highest BCUT2D eigenvalue weighted by molar-refractivity contribution is 9.00. The first kappa shape index (κ1) is 22.1. The van der Waals surface area contributed by atoms with Crippen molar-refractivity contribution in [3.63, 3.8) is 0 Å². The van der Waals surface area contributed by atoms with Gasteiger partial charge in [-0.15, -0.1) is 0 Å². The molecule has 1 aliphatic heterocycles. The number of carbonyl (C=O) groups excluding carboxylic acids is 2. The Labute approximate surface area is 178 Å². The summed E-state index contributed by atoms with van der Waals surface area (Å²) in [4.78, 5) is 33.0. The van der Waals surface area contributed by atoms with Gasteiger partial charge >= 0.3 is 5.97 Å². The number of imidazole rings is 1. The second-order valence-corrected chi connectivity index (χ2v) is 12.4. The minimum absolute atomic E-state index is 0.0347.